The van der Waals surface area contributed by atoms with Gasteiger partial charge in [0.25, 0.3) is 0 Å². The third-order valence-corrected chi connectivity index (χ3v) is 3.07. The summed E-state index contributed by atoms with van der Waals surface area (Å²) >= 11 is 5.91. The Kier molecular flexibility index (Phi) is 2.43. The average molecular weight is 237 g/mol. The fraction of sp³-hybridized carbons (Fsp3) is 0.250. The molecule has 0 unspecified atom stereocenters. The van der Waals surface area contributed by atoms with Crippen molar-refractivity contribution in [3.05, 3.63) is 41.6 Å². The molecule has 84 valence electrons. The van der Waals surface area contributed by atoms with Crippen molar-refractivity contribution in [3.8, 4) is 0 Å². The normalized spacial score (nSPS) is 18.8. The molecule has 1 N–H and O–H groups in total. The van der Waals surface area contributed by atoms with Crippen LogP contribution in [0.2, 0.25) is 5.02 Å². The Morgan fingerprint density at radius 3 is 2.62 bits per heavy atom. The summed E-state index contributed by atoms with van der Waals surface area (Å²) in [5.74, 6) is -0.0579. The van der Waals surface area contributed by atoms with E-state index in [1.165, 1.54) is 0 Å². The fourth-order valence-electron chi connectivity index (χ4n) is 1.55. The van der Waals surface area contributed by atoms with Crippen LogP contribution in [0.4, 0.5) is 5.69 Å². The van der Waals surface area contributed by atoms with Gasteiger partial charge in [0.2, 0.25) is 5.91 Å². The monoisotopic (exact) mass is 236 g/mol. The van der Waals surface area contributed by atoms with Crippen molar-refractivity contribution in [1.29, 1.82) is 0 Å². The molecule has 4 heteroatoms. The summed E-state index contributed by atoms with van der Waals surface area (Å²) in [7, 11) is 0. The van der Waals surface area contributed by atoms with E-state index < -0.39 is 5.41 Å². The Balaban J connectivity index is 2.38. The van der Waals surface area contributed by atoms with Crippen LogP contribution in [0.15, 0.2) is 36.5 Å². The second-order valence-electron chi connectivity index (χ2n) is 4.33. The Bertz CT molecular complexity index is 468. The molecule has 0 aliphatic carbocycles. The van der Waals surface area contributed by atoms with Gasteiger partial charge < -0.3 is 0 Å². The summed E-state index contributed by atoms with van der Waals surface area (Å²) in [6.07, 6.45) is 0. The van der Waals surface area contributed by atoms with Crippen LogP contribution in [0.1, 0.15) is 13.8 Å². The van der Waals surface area contributed by atoms with Crippen LogP contribution >= 0.6 is 11.6 Å². The van der Waals surface area contributed by atoms with E-state index in [9.17, 15) is 4.79 Å². The highest BCUT2D eigenvalue weighted by atomic mass is 35.5. The van der Waals surface area contributed by atoms with Crippen molar-refractivity contribution >= 4 is 23.2 Å². The fourth-order valence-corrected chi connectivity index (χ4v) is 1.74. The lowest BCUT2D eigenvalue weighted by molar-refractivity contribution is -0.125. The Morgan fingerprint density at radius 1 is 1.44 bits per heavy atom. The summed E-state index contributed by atoms with van der Waals surface area (Å²) in [4.78, 5) is 11.7. The third-order valence-electron chi connectivity index (χ3n) is 2.84. The highest BCUT2D eigenvalue weighted by Gasteiger charge is 2.42. The van der Waals surface area contributed by atoms with Crippen LogP contribution in [0.5, 0.6) is 0 Å². The van der Waals surface area contributed by atoms with E-state index in [2.05, 4.69) is 12.0 Å². The Morgan fingerprint density at radius 2 is 2.12 bits per heavy atom. The minimum Gasteiger partial charge on any atom is -0.272 e. The van der Waals surface area contributed by atoms with Crippen LogP contribution in [0.25, 0.3) is 0 Å². The highest BCUT2D eigenvalue weighted by molar-refractivity contribution is 6.30. The van der Waals surface area contributed by atoms with Crippen LogP contribution in [0, 0.1) is 5.41 Å². The number of hydrogen-bond acceptors (Lipinski definition) is 2. The number of carbonyl (C=O) groups excluding carboxylic acids is 1. The molecule has 0 spiro atoms. The predicted octanol–water partition coefficient (Wildman–Crippen LogP) is 2.73. The van der Waals surface area contributed by atoms with Gasteiger partial charge in [0, 0.05) is 10.7 Å². The van der Waals surface area contributed by atoms with Crippen molar-refractivity contribution in [2.45, 2.75) is 13.8 Å². The van der Waals surface area contributed by atoms with Gasteiger partial charge in [-0.1, -0.05) is 24.2 Å². The maximum atomic E-state index is 11.7. The zero-order valence-corrected chi connectivity index (χ0v) is 10.0. The summed E-state index contributed by atoms with van der Waals surface area (Å²) in [6.45, 7) is 7.63. The lowest BCUT2D eigenvalue weighted by Crippen LogP contribution is -2.32. The first-order valence-corrected chi connectivity index (χ1v) is 5.37. The van der Waals surface area contributed by atoms with Crippen molar-refractivity contribution in [2.24, 2.45) is 5.41 Å². The van der Waals surface area contributed by atoms with E-state index in [0.717, 1.165) is 11.4 Å². The van der Waals surface area contributed by atoms with E-state index in [-0.39, 0.29) is 5.91 Å². The van der Waals surface area contributed by atoms with Gasteiger partial charge >= 0.3 is 0 Å². The first-order valence-electron chi connectivity index (χ1n) is 4.99. The molecule has 2 rings (SSSR count). The topological polar surface area (TPSA) is 32.3 Å². The van der Waals surface area contributed by atoms with Gasteiger partial charge in [0.1, 0.15) is 0 Å². The number of rotatable bonds is 1. The van der Waals surface area contributed by atoms with Crippen molar-refractivity contribution in [2.75, 3.05) is 5.01 Å². The van der Waals surface area contributed by atoms with E-state index in [4.69, 9.17) is 11.6 Å². The van der Waals surface area contributed by atoms with E-state index >= 15 is 0 Å². The highest BCUT2D eigenvalue weighted by Crippen LogP contribution is 2.36. The standard InChI is InChI=1S/C12H13ClN2O/c1-8-12(2,3)11(16)14-15(8)10-6-4-5-9(13)7-10/h4-7H,1H2,2-3H3,(H,14,16). The van der Waals surface area contributed by atoms with Gasteiger partial charge in [0.15, 0.2) is 0 Å². The molecule has 16 heavy (non-hydrogen) atoms. The molecule has 0 bridgehead atoms. The Hall–Kier alpha value is -1.48. The number of anilines is 1. The SMILES string of the molecule is C=C1N(c2cccc(Cl)c2)NC(=O)C1(C)C. The minimum atomic E-state index is -0.581. The lowest BCUT2D eigenvalue weighted by Gasteiger charge is -2.21. The molecule has 0 radical (unpaired) electrons. The zero-order valence-electron chi connectivity index (χ0n) is 9.25. The van der Waals surface area contributed by atoms with Gasteiger partial charge in [-0.15, -0.1) is 0 Å². The largest absolute Gasteiger partial charge is 0.272 e. The van der Waals surface area contributed by atoms with Crippen molar-refractivity contribution in [3.63, 3.8) is 0 Å². The molecule has 0 aromatic heterocycles. The smallest absolute Gasteiger partial charge is 0.250 e. The van der Waals surface area contributed by atoms with E-state index in [1.54, 1.807) is 17.1 Å². The number of benzene rings is 1. The molecule has 1 aliphatic heterocycles. The van der Waals surface area contributed by atoms with E-state index in [1.807, 2.05) is 26.0 Å². The predicted molar refractivity (Wildman–Crippen MR) is 65.0 cm³/mol. The van der Waals surface area contributed by atoms with Gasteiger partial charge in [-0.2, -0.15) is 0 Å². The van der Waals surface area contributed by atoms with Crippen LogP contribution in [-0.2, 0) is 4.79 Å². The van der Waals surface area contributed by atoms with Crippen LogP contribution < -0.4 is 10.4 Å². The average Bonchev–Trinajstić information content (AvgIpc) is 2.42. The van der Waals surface area contributed by atoms with E-state index in [0.29, 0.717) is 5.02 Å². The first kappa shape index (κ1) is 11.0. The van der Waals surface area contributed by atoms with Crippen molar-refractivity contribution in [1.82, 2.24) is 5.43 Å². The molecule has 1 aromatic carbocycles. The molecule has 1 amide bonds. The summed E-state index contributed by atoms with van der Waals surface area (Å²) in [5, 5.41) is 2.30. The number of nitrogens with zero attached hydrogens (tertiary/aromatic N) is 1. The molecular formula is C12H13ClN2O. The van der Waals surface area contributed by atoms with Crippen LogP contribution in [-0.4, -0.2) is 5.91 Å². The summed E-state index contributed by atoms with van der Waals surface area (Å²) < 4.78 is 0. The van der Waals surface area contributed by atoms with Crippen LogP contribution in [0.3, 0.4) is 0 Å². The molecule has 1 saturated heterocycles. The molecule has 3 nitrogen and oxygen atoms in total. The Labute approximate surface area is 99.7 Å². The van der Waals surface area contributed by atoms with Gasteiger partial charge in [-0.05, 0) is 32.0 Å². The second kappa shape index (κ2) is 3.52. The summed E-state index contributed by atoms with van der Waals surface area (Å²) in [5.41, 5.74) is 3.73. The second-order valence-corrected chi connectivity index (χ2v) is 4.76. The number of amides is 1. The van der Waals surface area contributed by atoms with Gasteiger partial charge in [-0.25, -0.2) is 0 Å². The number of nitrogens with one attached hydrogen (secondary N) is 1. The molecule has 0 saturated carbocycles. The third kappa shape index (κ3) is 1.57. The zero-order chi connectivity index (χ0) is 11.9. The van der Waals surface area contributed by atoms with Gasteiger partial charge in [-0.3, -0.25) is 15.2 Å². The molecule has 1 aromatic rings. The summed E-state index contributed by atoms with van der Waals surface area (Å²) in [6, 6.07) is 7.28. The molecule has 1 heterocycles. The van der Waals surface area contributed by atoms with Crippen molar-refractivity contribution < 1.29 is 4.79 Å². The number of hydrazine groups is 1. The minimum absolute atomic E-state index is 0.0579. The maximum absolute atomic E-state index is 11.7. The molecule has 1 aliphatic rings. The quantitative estimate of drug-likeness (QED) is 0.813. The first-order chi connectivity index (χ1) is 7.43. The molecule has 1 fully saturated rings. The van der Waals surface area contributed by atoms with Gasteiger partial charge in [0.05, 0.1) is 11.1 Å². The molecule has 0 atom stereocenters. The number of carbonyl (C=O) groups is 1. The lowest BCUT2D eigenvalue weighted by atomic mass is 9.90. The molecular weight excluding hydrogens is 224 g/mol. The maximum Gasteiger partial charge on any atom is 0.250 e. The number of halogens is 1. The number of hydrogen-bond donors (Lipinski definition) is 1.